The average molecular weight is 239 g/mol. The second-order valence-electron chi connectivity index (χ2n) is 3.30. The lowest BCUT2D eigenvalue weighted by molar-refractivity contribution is 0.992. The number of aromatic nitrogens is 2. The van der Waals surface area contributed by atoms with Gasteiger partial charge in [0.15, 0.2) is 0 Å². The summed E-state index contributed by atoms with van der Waals surface area (Å²) in [6.07, 6.45) is 0.898. The van der Waals surface area contributed by atoms with E-state index in [1.165, 1.54) is 22.7 Å². The van der Waals surface area contributed by atoms with E-state index in [2.05, 4.69) is 39.3 Å². The van der Waals surface area contributed by atoms with Gasteiger partial charge in [-0.05, 0) is 28.8 Å². The fraction of sp³-hybridized carbons (Fsp3) is 0.400. The number of hydrogen-bond acceptors (Lipinski definition) is 5. The van der Waals surface area contributed by atoms with Gasteiger partial charge in [0.1, 0.15) is 5.82 Å². The maximum atomic E-state index is 4.36. The second-order valence-corrected chi connectivity index (χ2v) is 4.80. The third kappa shape index (κ3) is 2.54. The van der Waals surface area contributed by atoms with Crippen LogP contribution in [0.15, 0.2) is 10.8 Å². The number of nitrogens with one attached hydrogen (secondary N) is 1. The minimum Gasteiger partial charge on any atom is -0.356 e. The zero-order chi connectivity index (χ0) is 10.7. The zero-order valence-electron chi connectivity index (χ0n) is 8.78. The Morgan fingerprint density at radius 3 is 2.87 bits per heavy atom. The van der Waals surface area contributed by atoms with Gasteiger partial charge < -0.3 is 5.32 Å². The molecule has 0 atom stereocenters. The first-order valence-corrected chi connectivity index (χ1v) is 6.59. The van der Waals surface area contributed by atoms with Crippen LogP contribution in [0.2, 0.25) is 0 Å². The molecule has 1 N–H and O–H groups in total. The van der Waals surface area contributed by atoms with Crippen LogP contribution < -0.4 is 5.32 Å². The summed E-state index contributed by atoms with van der Waals surface area (Å²) < 4.78 is 4.23. The van der Waals surface area contributed by atoms with Gasteiger partial charge in [-0.1, -0.05) is 6.92 Å². The Kier molecular flexibility index (Phi) is 3.33. The maximum absolute atomic E-state index is 4.36. The minimum absolute atomic E-state index is 0.841. The molecular weight excluding hydrogens is 226 g/mol. The van der Waals surface area contributed by atoms with Crippen LogP contribution in [-0.2, 0) is 13.0 Å². The van der Waals surface area contributed by atoms with Crippen LogP contribution in [0.5, 0.6) is 0 Å². The topological polar surface area (TPSA) is 37.8 Å². The molecule has 0 saturated carbocycles. The Bertz CT molecular complexity index is 433. The van der Waals surface area contributed by atoms with Gasteiger partial charge in [0.2, 0.25) is 5.13 Å². The first-order chi connectivity index (χ1) is 7.29. The highest BCUT2D eigenvalue weighted by molar-refractivity contribution is 7.09. The lowest BCUT2D eigenvalue weighted by Crippen LogP contribution is -1.99. The van der Waals surface area contributed by atoms with E-state index >= 15 is 0 Å². The van der Waals surface area contributed by atoms with Crippen molar-refractivity contribution < 1.29 is 0 Å². The third-order valence-electron chi connectivity index (χ3n) is 2.18. The molecule has 5 heteroatoms. The summed E-state index contributed by atoms with van der Waals surface area (Å²) in [5, 5.41) is 8.54. The first kappa shape index (κ1) is 10.6. The monoisotopic (exact) mass is 239 g/mol. The van der Waals surface area contributed by atoms with Crippen LogP contribution in [0.4, 0.5) is 5.13 Å². The van der Waals surface area contributed by atoms with Crippen LogP contribution in [0, 0.1) is 6.92 Å². The molecule has 0 bridgehead atoms. The van der Waals surface area contributed by atoms with Crippen molar-refractivity contribution in [2.24, 2.45) is 0 Å². The molecule has 2 rings (SSSR count). The fourth-order valence-electron chi connectivity index (χ4n) is 1.21. The molecule has 0 spiro atoms. The lowest BCUT2D eigenvalue weighted by Gasteiger charge is -2.00. The Balaban J connectivity index is 1.96. The number of hydrogen-bond donors (Lipinski definition) is 1. The molecule has 0 fully saturated rings. The molecular formula is C10H13N3S2. The van der Waals surface area contributed by atoms with Crippen LogP contribution >= 0.6 is 22.9 Å². The van der Waals surface area contributed by atoms with E-state index < -0.39 is 0 Å². The summed E-state index contributed by atoms with van der Waals surface area (Å²) in [4.78, 5) is 4.36. The SMILES string of the molecule is CCc1nsc(NCc2cscc2C)n1. The highest BCUT2D eigenvalue weighted by Crippen LogP contribution is 2.17. The molecule has 0 aromatic carbocycles. The summed E-state index contributed by atoms with van der Waals surface area (Å²) in [5.41, 5.74) is 2.68. The van der Waals surface area contributed by atoms with Crippen molar-refractivity contribution in [3.63, 3.8) is 0 Å². The van der Waals surface area contributed by atoms with Crippen LogP contribution in [-0.4, -0.2) is 9.36 Å². The summed E-state index contributed by atoms with van der Waals surface area (Å²) in [6, 6.07) is 0. The quantitative estimate of drug-likeness (QED) is 0.891. The van der Waals surface area contributed by atoms with Gasteiger partial charge in [-0.25, -0.2) is 4.98 Å². The summed E-state index contributed by atoms with van der Waals surface area (Å²) in [5.74, 6) is 0.921. The Morgan fingerprint density at radius 2 is 2.27 bits per heavy atom. The minimum atomic E-state index is 0.841. The van der Waals surface area contributed by atoms with E-state index in [1.807, 2.05) is 0 Å². The van der Waals surface area contributed by atoms with E-state index in [4.69, 9.17) is 0 Å². The Labute approximate surface area is 97.4 Å². The fourth-order valence-corrected chi connectivity index (χ4v) is 2.71. The third-order valence-corrected chi connectivity index (χ3v) is 3.80. The molecule has 80 valence electrons. The van der Waals surface area contributed by atoms with Crippen molar-refractivity contribution >= 4 is 28.0 Å². The summed E-state index contributed by atoms with van der Waals surface area (Å²) in [7, 11) is 0. The van der Waals surface area contributed by atoms with Crippen molar-refractivity contribution in [3.05, 3.63) is 27.7 Å². The van der Waals surface area contributed by atoms with E-state index in [9.17, 15) is 0 Å². The van der Waals surface area contributed by atoms with Crippen molar-refractivity contribution in [3.8, 4) is 0 Å². The smallest absolute Gasteiger partial charge is 0.202 e. The summed E-state index contributed by atoms with van der Waals surface area (Å²) in [6.45, 7) is 5.04. The molecule has 15 heavy (non-hydrogen) atoms. The number of rotatable bonds is 4. The molecule has 2 aromatic heterocycles. The second kappa shape index (κ2) is 4.72. The van der Waals surface area contributed by atoms with Gasteiger partial charge in [0, 0.05) is 24.5 Å². The Hall–Kier alpha value is -0.940. The normalized spacial score (nSPS) is 10.5. The molecule has 2 aromatic rings. The largest absolute Gasteiger partial charge is 0.356 e. The molecule has 0 saturated heterocycles. The molecule has 0 unspecified atom stereocenters. The van der Waals surface area contributed by atoms with Crippen molar-refractivity contribution in [1.29, 1.82) is 0 Å². The molecule has 0 aliphatic carbocycles. The Morgan fingerprint density at radius 1 is 1.40 bits per heavy atom. The van der Waals surface area contributed by atoms with Crippen molar-refractivity contribution in [2.75, 3.05) is 5.32 Å². The maximum Gasteiger partial charge on any atom is 0.202 e. The average Bonchev–Trinajstić information content (AvgIpc) is 2.84. The predicted molar refractivity (Wildman–Crippen MR) is 65.7 cm³/mol. The highest BCUT2D eigenvalue weighted by atomic mass is 32.1. The highest BCUT2D eigenvalue weighted by Gasteiger charge is 2.03. The van der Waals surface area contributed by atoms with E-state index in [0.717, 1.165) is 23.9 Å². The zero-order valence-corrected chi connectivity index (χ0v) is 10.4. The molecule has 0 amide bonds. The van der Waals surface area contributed by atoms with Gasteiger partial charge >= 0.3 is 0 Å². The van der Waals surface area contributed by atoms with Crippen LogP contribution in [0.3, 0.4) is 0 Å². The molecule has 3 nitrogen and oxygen atoms in total. The summed E-state index contributed by atoms with van der Waals surface area (Å²) >= 11 is 3.17. The number of nitrogens with zero attached hydrogens (tertiary/aromatic N) is 2. The van der Waals surface area contributed by atoms with E-state index in [0.29, 0.717) is 0 Å². The van der Waals surface area contributed by atoms with Gasteiger partial charge in [-0.3, -0.25) is 0 Å². The number of anilines is 1. The number of aryl methyl sites for hydroxylation is 2. The number of thiophene rings is 1. The van der Waals surface area contributed by atoms with Gasteiger partial charge in [0.05, 0.1) is 0 Å². The molecule has 0 aliphatic heterocycles. The first-order valence-electron chi connectivity index (χ1n) is 4.87. The molecule has 0 aliphatic rings. The lowest BCUT2D eigenvalue weighted by atomic mass is 10.2. The van der Waals surface area contributed by atoms with Gasteiger partial charge in [0.25, 0.3) is 0 Å². The van der Waals surface area contributed by atoms with Crippen LogP contribution in [0.25, 0.3) is 0 Å². The van der Waals surface area contributed by atoms with E-state index in [1.54, 1.807) is 11.3 Å². The van der Waals surface area contributed by atoms with Gasteiger partial charge in [-0.15, -0.1) is 0 Å². The van der Waals surface area contributed by atoms with Crippen molar-refractivity contribution in [1.82, 2.24) is 9.36 Å². The predicted octanol–water partition coefficient (Wildman–Crippen LogP) is 3.08. The standard InChI is InChI=1S/C10H13N3S2/c1-3-9-12-10(15-13-9)11-4-8-6-14-5-7(8)2/h5-6H,3-4H2,1-2H3,(H,11,12,13). The van der Waals surface area contributed by atoms with Crippen molar-refractivity contribution in [2.45, 2.75) is 26.8 Å². The van der Waals surface area contributed by atoms with E-state index in [-0.39, 0.29) is 0 Å². The molecule has 0 radical (unpaired) electrons. The molecule has 2 heterocycles. The van der Waals surface area contributed by atoms with Gasteiger partial charge in [-0.2, -0.15) is 15.7 Å². The van der Waals surface area contributed by atoms with Crippen LogP contribution in [0.1, 0.15) is 23.9 Å².